The van der Waals surface area contributed by atoms with Crippen LogP contribution < -0.4 is 0 Å². The summed E-state index contributed by atoms with van der Waals surface area (Å²) in [7, 11) is 0. The van der Waals surface area contributed by atoms with Gasteiger partial charge in [0.2, 0.25) is 0 Å². The van der Waals surface area contributed by atoms with E-state index in [-0.39, 0.29) is 26.1 Å². The van der Waals surface area contributed by atoms with Crippen molar-refractivity contribution < 1.29 is 196 Å². The molecule has 2 unspecified atom stereocenters. The van der Waals surface area contributed by atoms with E-state index in [9.17, 15) is 138 Å². The van der Waals surface area contributed by atoms with Gasteiger partial charge >= 0.3 is 84.4 Å². The third-order valence-electron chi connectivity index (χ3n) is 8.08. The molecule has 0 aromatic heterocycles. The van der Waals surface area contributed by atoms with Crippen molar-refractivity contribution in [2.45, 2.75) is 116 Å². The molecule has 43 heteroatoms. The molecule has 0 amide bonds. The summed E-state index contributed by atoms with van der Waals surface area (Å²) in [5, 5.41) is 45.3. The predicted molar refractivity (Wildman–Crippen MR) is 180 cm³/mol. The molecule has 15 nitrogen and oxygen atoms in total. The average molecular weight is 1210 g/mol. The van der Waals surface area contributed by atoms with Gasteiger partial charge in [-0.2, -0.15) is 123 Å². The van der Waals surface area contributed by atoms with Gasteiger partial charge in [-0.25, -0.2) is 18.9 Å². The smallest absolute Gasteiger partial charge is 0.396 e. The van der Waals surface area contributed by atoms with Gasteiger partial charge in [-0.1, -0.05) is 0 Å². The van der Waals surface area contributed by atoms with Gasteiger partial charge < -0.3 is 54.0 Å². The number of aliphatic hydroxyl groups excluding tert-OH is 5. The Kier molecular flexibility index (Phi) is 26.3. The number of halogens is 28. The monoisotopic (exact) mass is 1210 g/mol. The highest BCUT2D eigenvalue weighted by Crippen LogP contribution is 2.55. The largest absolute Gasteiger partial charge is 0.433 e. The van der Waals surface area contributed by atoms with Crippen LogP contribution in [0.5, 0.6) is 0 Å². The maximum absolute atomic E-state index is 14.0. The Morgan fingerprint density at radius 1 is 0.263 bits per heavy atom. The van der Waals surface area contributed by atoms with Gasteiger partial charge in [-0.05, 0) is 12.8 Å². The molecule has 0 aliphatic heterocycles. The highest BCUT2D eigenvalue weighted by Gasteiger charge is 2.83. The van der Waals surface area contributed by atoms with Gasteiger partial charge in [0.15, 0.2) is 0 Å². The summed E-state index contributed by atoms with van der Waals surface area (Å²) in [6.45, 7) is -22.7. The van der Waals surface area contributed by atoms with Crippen molar-refractivity contribution in [1.82, 2.24) is 0 Å². The summed E-state index contributed by atoms with van der Waals surface area (Å²) in [6, 6.07) is 0. The molecule has 458 valence electrons. The van der Waals surface area contributed by atoms with Gasteiger partial charge in [0.1, 0.15) is 44.7 Å². The minimum atomic E-state index is -8.09. The zero-order chi connectivity index (χ0) is 60.1. The third kappa shape index (κ3) is 19.9. The van der Waals surface area contributed by atoms with Crippen LogP contribution in [0.15, 0.2) is 0 Å². The predicted octanol–water partition coefficient (Wildman–Crippen LogP) is 6.55. The molecule has 0 heterocycles. The molecule has 0 aromatic carbocycles. The highest BCUT2D eigenvalue weighted by atomic mass is 19.4. The van der Waals surface area contributed by atoms with E-state index in [0.717, 1.165) is 0 Å². The van der Waals surface area contributed by atoms with Crippen LogP contribution in [0.1, 0.15) is 12.8 Å². The zero-order valence-electron chi connectivity index (χ0n) is 36.9. The van der Waals surface area contributed by atoms with Crippen molar-refractivity contribution in [2.75, 3.05) is 92.5 Å². The summed E-state index contributed by atoms with van der Waals surface area (Å²) in [5.41, 5.74) is 0. The van der Waals surface area contributed by atoms with Crippen molar-refractivity contribution >= 4 is 0 Å². The molecular formula is C33H40F28O15. The number of alkyl halides is 28. The van der Waals surface area contributed by atoms with Crippen molar-refractivity contribution in [3.63, 3.8) is 0 Å². The second-order valence-corrected chi connectivity index (χ2v) is 14.8. The Labute approximate surface area is 404 Å². The van der Waals surface area contributed by atoms with Gasteiger partial charge in [-0.15, -0.1) is 0 Å². The lowest BCUT2D eigenvalue weighted by Gasteiger charge is -2.37. The molecule has 0 aliphatic rings. The van der Waals surface area contributed by atoms with E-state index in [1.54, 1.807) is 18.9 Å². The van der Waals surface area contributed by atoms with E-state index in [1.807, 2.05) is 0 Å². The summed E-state index contributed by atoms with van der Waals surface area (Å²) < 4.78 is 421. The molecule has 0 rings (SSSR count). The van der Waals surface area contributed by atoms with Crippen LogP contribution in [0.4, 0.5) is 123 Å². The number of rotatable bonds is 42. The quantitative estimate of drug-likeness (QED) is 0.0326. The second-order valence-electron chi connectivity index (χ2n) is 14.8. The fraction of sp³-hybridized carbons (Fsp3) is 1.00. The van der Waals surface area contributed by atoms with E-state index in [2.05, 4.69) is 28.4 Å². The minimum absolute atomic E-state index is 0.0514. The average Bonchev–Trinajstić information content (AvgIpc) is 3.21. The topological polar surface area (TPSA) is 193 Å². The summed E-state index contributed by atoms with van der Waals surface area (Å²) in [6.07, 6.45) is -67.2. The van der Waals surface area contributed by atoms with Crippen LogP contribution in [0.2, 0.25) is 0 Å². The second kappa shape index (κ2) is 27.3. The first kappa shape index (κ1) is 73.4. The maximum Gasteiger partial charge on any atom is 0.433 e. The Bertz CT molecular complexity index is 1580. The van der Waals surface area contributed by atoms with Gasteiger partial charge in [0, 0.05) is 26.4 Å². The van der Waals surface area contributed by atoms with Crippen molar-refractivity contribution in [3.05, 3.63) is 0 Å². The van der Waals surface area contributed by atoms with Crippen LogP contribution in [0, 0.1) is 0 Å². The molecule has 0 saturated heterocycles. The number of aliphatic hydroxyl groups is 5. The molecule has 0 radical (unpaired) electrons. The van der Waals surface area contributed by atoms with Crippen LogP contribution in [-0.2, 0) is 47.4 Å². The molecule has 0 aliphatic carbocycles. The molecule has 0 aromatic rings. The summed E-state index contributed by atoms with van der Waals surface area (Å²) in [5.74, 6) is -41.9. The lowest BCUT2D eigenvalue weighted by atomic mass is 10.2. The lowest BCUT2D eigenvalue weighted by molar-refractivity contribution is -0.535. The Balaban J connectivity index is 5.62. The molecule has 0 spiro atoms. The maximum atomic E-state index is 14.0. The Morgan fingerprint density at radius 3 is 0.605 bits per heavy atom. The first-order valence-corrected chi connectivity index (χ1v) is 19.7. The Hall–Kier alpha value is -2.56. The highest BCUT2D eigenvalue weighted by molar-refractivity contribution is 4.93. The van der Waals surface area contributed by atoms with Crippen molar-refractivity contribution in [2.24, 2.45) is 0 Å². The Morgan fingerprint density at radius 2 is 0.434 bits per heavy atom. The SMILES string of the molecule is OCCCOCC(O)COCC(F)(F)C(F)(F)OC(F)(F)C(F)(F)C(F)(F)OC(F)(F)C(F)(F)COCC(O)COCC(F)(F)C(F)(F)OC(F)(F)C(F)(F)C(F)(F)OC(F)(F)C(F)(F)COCC(O)COCCCO. The summed E-state index contributed by atoms with van der Waals surface area (Å²) in [4.78, 5) is 0. The zero-order valence-corrected chi connectivity index (χ0v) is 36.9. The van der Waals surface area contributed by atoms with Gasteiger partial charge in [0.05, 0.1) is 39.6 Å². The van der Waals surface area contributed by atoms with Crippen LogP contribution in [0.25, 0.3) is 0 Å². The van der Waals surface area contributed by atoms with E-state index >= 15 is 0 Å². The molecular weight excluding hydrogens is 1170 g/mol. The van der Waals surface area contributed by atoms with Crippen molar-refractivity contribution in [3.8, 4) is 0 Å². The molecule has 0 saturated carbocycles. The number of hydrogen-bond acceptors (Lipinski definition) is 15. The molecule has 2 atom stereocenters. The van der Waals surface area contributed by atoms with E-state index in [0.29, 0.717) is 0 Å². The fourth-order valence-corrected chi connectivity index (χ4v) is 4.08. The van der Waals surface area contributed by atoms with E-state index < -0.39 is 182 Å². The fourth-order valence-electron chi connectivity index (χ4n) is 4.08. The van der Waals surface area contributed by atoms with E-state index in [4.69, 9.17) is 10.2 Å². The molecule has 5 N–H and O–H groups in total. The minimum Gasteiger partial charge on any atom is -0.396 e. The number of hydrogen-bond donors (Lipinski definition) is 5. The number of ether oxygens (including phenoxy) is 10. The molecule has 0 fully saturated rings. The first-order valence-electron chi connectivity index (χ1n) is 19.7. The van der Waals surface area contributed by atoms with E-state index in [1.165, 1.54) is 0 Å². The molecule has 0 bridgehead atoms. The normalized spacial score (nSPS) is 16.4. The standard InChI is InChI=1S/C33H40F28O15/c34-20(35,13-69-9-17(64)7-67-5-1-3-62)26(46,47)73-30(54,55)24(42,43)32(58,59)75-28(50,51)22(38,39)15-71-11-19(66)12-72-16-23(40,41)29(52,53)76-33(60,61)25(44,45)31(56,57)74-27(48,49)21(36,37)14-70-10-18(65)8-68-6-2-4-63/h17-19,62-66H,1-16H2. The molecule has 76 heavy (non-hydrogen) atoms. The summed E-state index contributed by atoms with van der Waals surface area (Å²) >= 11 is 0. The van der Waals surface area contributed by atoms with Crippen LogP contribution in [0.3, 0.4) is 0 Å². The van der Waals surface area contributed by atoms with Crippen LogP contribution >= 0.6 is 0 Å². The van der Waals surface area contributed by atoms with Gasteiger partial charge in [-0.3, -0.25) is 0 Å². The lowest BCUT2D eigenvalue weighted by Crippen LogP contribution is -2.63. The van der Waals surface area contributed by atoms with Gasteiger partial charge in [0.25, 0.3) is 0 Å². The van der Waals surface area contributed by atoms with Crippen molar-refractivity contribution in [1.29, 1.82) is 0 Å². The van der Waals surface area contributed by atoms with Crippen LogP contribution in [-0.4, -0.2) is 221 Å². The first-order chi connectivity index (χ1) is 33.8. The third-order valence-corrected chi connectivity index (χ3v) is 8.08.